The number of anilines is 1. The first-order chi connectivity index (χ1) is 9.31. The number of halogens is 4. The zero-order valence-electron chi connectivity index (χ0n) is 9.57. The summed E-state index contributed by atoms with van der Waals surface area (Å²) in [6, 6.07) is 4.34. The second kappa shape index (κ2) is 6.07. The molecule has 0 saturated heterocycles. The fraction of sp³-hybridized carbons (Fsp3) is 0. The van der Waals surface area contributed by atoms with Crippen LogP contribution in [0.25, 0.3) is 0 Å². The molecule has 1 aromatic heterocycles. The van der Waals surface area contributed by atoms with Crippen LogP contribution in [0.4, 0.5) is 5.69 Å². The molecule has 9 heteroatoms. The van der Waals surface area contributed by atoms with E-state index in [0.29, 0.717) is 4.47 Å². The van der Waals surface area contributed by atoms with Crippen molar-refractivity contribution in [3.63, 3.8) is 0 Å². The average molecular weight is 417 g/mol. The van der Waals surface area contributed by atoms with Gasteiger partial charge in [-0.05, 0) is 18.2 Å². The van der Waals surface area contributed by atoms with E-state index in [1.807, 2.05) is 0 Å². The highest BCUT2D eigenvalue weighted by molar-refractivity contribution is 9.10. The number of nitrogens with zero attached hydrogens (tertiary/aromatic N) is 1. The minimum atomic E-state index is -3.97. The van der Waals surface area contributed by atoms with Crippen molar-refractivity contribution in [1.82, 2.24) is 4.98 Å². The number of rotatable bonds is 3. The number of pyridine rings is 1. The van der Waals surface area contributed by atoms with Gasteiger partial charge in [0.15, 0.2) is 0 Å². The van der Waals surface area contributed by atoms with E-state index in [1.165, 1.54) is 30.6 Å². The van der Waals surface area contributed by atoms with Crippen LogP contribution in [0.15, 0.2) is 40.0 Å². The predicted molar refractivity (Wildman–Crippen MR) is 84.2 cm³/mol. The zero-order valence-corrected chi connectivity index (χ0v) is 14.2. The Morgan fingerprint density at radius 3 is 2.25 bits per heavy atom. The predicted octanol–water partition coefficient (Wildman–Crippen LogP) is 4.61. The molecule has 0 saturated carbocycles. The summed E-state index contributed by atoms with van der Waals surface area (Å²) in [6.07, 6.45) is 2.74. The van der Waals surface area contributed by atoms with Gasteiger partial charge in [0, 0.05) is 10.7 Å². The van der Waals surface area contributed by atoms with E-state index in [1.54, 1.807) is 0 Å². The Balaban J connectivity index is 2.50. The molecule has 2 rings (SSSR count). The molecule has 0 bridgehead atoms. The summed E-state index contributed by atoms with van der Waals surface area (Å²) in [4.78, 5) is 3.58. The van der Waals surface area contributed by atoms with Crippen molar-refractivity contribution in [3.8, 4) is 0 Å². The third kappa shape index (κ3) is 3.38. The average Bonchev–Trinajstić information content (AvgIpc) is 2.30. The first kappa shape index (κ1) is 15.9. The number of hydrogen-bond acceptors (Lipinski definition) is 3. The summed E-state index contributed by atoms with van der Waals surface area (Å²) in [5, 5.41) is 0.210. The van der Waals surface area contributed by atoms with Crippen LogP contribution in [-0.2, 0) is 10.0 Å². The summed E-state index contributed by atoms with van der Waals surface area (Å²) in [5.74, 6) is 0. The van der Waals surface area contributed by atoms with Crippen LogP contribution in [0.2, 0.25) is 15.1 Å². The number of hydrogen-bond donors (Lipinski definition) is 1. The van der Waals surface area contributed by atoms with Gasteiger partial charge in [-0.15, -0.1) is 0 Å². The van der Waals surface area contributed by atoms with E-state index in [4.69, 9.17) is 34.8 Å². The van der Waals surface area contributed by atoms with Gasteiger partial charge in [0.05, 0.1) is 27.0 Å². The maximum absolute atomic E-state index is 12.3. The molecular weight excluding hydrogens is 410 g/mol. The van der Waals surface area contributed by atoms with Crippen molar-refractivity contribution in [2.24, 2.45) is 0 Å². The lowest BCUT2D eigenvalue weighted by Crippen LogP contribution is -2.14. The zero-order chi connectivity index (χ0) is 14.9. The number of nitrogens with one attached hydrogen (secondary N) is 1. The summed E-state index contributed by atoms with van der Waals surface area (Å²) in [5.41, 5.74) is 0.143. The fourth-order valence-corrected chi connectivity index (χ4v) is 4.65. The van der Waals surface area contributed by atoms with Crippen molar-refractivity contribution >= 4 is 66.4 Å². The molecule has 0 atom stereocenters. The molecule has 0 spiro atoms. The lowest BCUT2D eigenvalue weighted by atomic mass is 10.4. The quantitative estimate of drug-likeness (QED) is 0.795. The van der Waals surface area contributed by atoms with Gasteiger partial charge in [-0.2, -0.15) is 0 Å². The van der Waals surface area contributed by atoms with Crippen LogP contribution in [0.5, 0.6) is 0 Å². The fourth-order valence-electron chi connectivity index (χ4n) is 1.43. The molecule has 4 nitrogen and oxygen atoms in total. The summed E-state index contributed by atoms with van der Waals surface area (Å²) < 4.78 is 27.5. The molecule has 1 N–H and O–H groups in total. The molecule has 0 unspecified atom stereocenters. The van der Waals surface area contributed by atoms with Crippen molar-refractivity contribution in [3.05, 3.63) is 50.1 Å². The van der Waals surface area contributed by atoms with E-state index < -0.39 is 10.0 Å². The molecule has 1 heterocycles. The molecule has 1 aromatic carbocycles. The van der Waals surface area contributed by atoms with Crippen LogP contribution in [-0.4, -0.2) is 13.4 Å². The number of benzene rings is 1. The van der Waals surface area contributed by atoms with Crippen LogP contribution >= 0.6 is 50.7 Å². The van der Waals surface area contributed by atoms with Gasteiger partial charge in [-0.1, -0.05) is 50.7 Å². The van der Waals surface area contributed by atoms with E-state index in [9.17, 15) is 8.42 Å². The van der Waals surface area contributed by atoms with Gasteiger partial charge in [0.2, 0.25) is 0 Å². The van der Waals surface area contributed by atoms with Crippen molar-refractivity contribution < 1.29 is 8.42 Å². The Hall–Kier alpha value is -0.530. The van der Waals surface area contributed by atoms with E-state index >= 15 is 0 Å². The highest BCUT2D eigenvalue weighted by Gasteiger charge is 2.23. The molecule has 0 aliphatic heterocycles. The summed E-state index contributed by atoms with van der Waals surface area (Å²) in [7, 11) is -3.97. The third-order valence-electron chi connectivity index (χ3n) is 2.24. The highest BCUT2D eigenvalue weighted by atomic mass is 79.9. The molecular formula is C11H6BrCl3N2O2S. The number of sulfonamides is 1. The Kier molecular flexibility index (Phi) is 4.81. The topological polar surface area (TPSA) is 59.1 Å². The minimum Gasteiger partial charge on any atom is -0.276 e. The van der Waals surface area contributed by atoms with E-state index in [2.05, 4.69) is 25.6 Å². The molecule has 2 aromatic rings. The highest BCUT2D eigenvalue weighted by Crippen LogP contribution is 2.34. The Bertz CT molecular complexity index is 745. The Morgan fingerprint density at radius 2 is 1.70 bits per heavy atom. The molecule has 0 fully saturated rings. The Morgan fingerprint density at radius 1 is 1.10 bits per heavy atom. The van der Waals surface area contributed by atoms with Gasteiger partial charge in [-0.3, -0.25) is 9.71 Å². The van der Waals surface area contributed by atoms with Gasteiger partial charge in [0.1, 0.15) is 4.90 Å². The van der Waals surface area contributed by atoms with Crippen LogP contribution < -0.4 is 4.72 Å². The van der Waals surface area contributed by atoms with Crippen molar-refractivity contribution in [2.45, 2.75) is 4.90 Å². The molecule has 20 heavy (non-hydrogen) atoms. The van der Waals surface area contributed by atoms with Gasteiger partial charge in [-0.25, -0.2) is 8.42 Å². The maximum atomic E-state index is 12.3. The maximum Gasteiger partial charge on any atom is 0.264 e. The molecule has 0 aliphatic carbocycles. The third-order valence-corrected chi connectivity index (χ3v) is 5.32. The lowest BCUT2D eigenvalue weighted by Gasteiger charge is -2.12. The molecule has 0 aliphatic rings. The minimum absolute atomic E-state index is 0.00288. The van der Waals surface area contributed by atoms with E-state index in [-0.39, 0.29) is 25.7 Å². The van der Waals surface area contributed by atoms with Crippen LogP contribution in [0.1, 0.15) is 0 Å². The second-order valence-electron chi connectivity index (χ2n) is 3.66. The SMILES string of the molecule is O=S(=O)(Nc1cnccc1Cl)c1c(Cl)cc(Br)cc1Cl. The standard InChI is InChI=1S/C11H6BrCl3N2O2S/c12-6-3-8(14)11(9(15)4-6)20(18,19)17-10-5-16-2-1-7(10)13/h1-5,17H. The van der Waals surface area contributed by atoms with Gasteiger partial charge in [0.25, 0.3) is 10.0 Å². The summed E-state index contributed by atoms with van der Waals surface area (Å²) >= 11 is 20.9. The first-order valence-electron chi connectivity index (χ1n) is 5.08. The molecule has 0 radical (unpaired) electrons. The largest absolute Gasteiger partial charge is 0.276 e. The van der Waals surface area contributed by atoms with Crippen molar-refractivity contribution in [1.29, 1.82) is 0 Å². The molecule has 0 amide bonds. The number of aromatic nitrogens is 1. The van der Waals surface area contributed by atoms with Gasteiger partial charge < -0.3 is 0 Å². The smallest absolute Gasteiger partial charge is 0.264 e. The Labute approximate surface area is 139 Å². The van der Waals surface area contributed by atoms with Crippen LogP contribution in [0, 0.1) is 0 Å². The normalized spacial score (nSPS) is 11.4. The summed E-state index contributed by atoms with van der Waals surface area (Å²) in [6.45, 7) is 0. The van der Waals surface area contributed by atoms with E-state index in [0.717, 1.165) is 0 Å². The van der Waals surface area contributed by atoms with Crippen LogP contribution in [0.3, 0.4) is 0 Å². The van der Waals surface area contributed by atoms with Crippen molar-refractivity contribution in [2.75, 3.05) is 4.72 Å². The first-order valence-corrected chi connectivity index (χ1v) is 8.49. The lowest BCUT2D eigenvalue weighted by molar-refractivity contribution is 0.601. The molecule has 106 valence electrons. The monoisotopic (exact) mass is 414 g/mol. The second-order valence-corrected chi connectivity index (χ2v) is 7.42. The van der Waals surface area contributed by atoms with Gasteiger partial charge >= 0.3 is 0 Å².